The van der Waals surface area contributed by atoms with Crippen molar-refractivity contribution >= 4 is 29.7 Å². The molecule has 10 nitrogen and oxygen atoms in total. The number of hydrogen-bond acceptors (Lipinski definition) is 7. The summed E-state index contributed by atoms with van der Waals surface area (Å²) in [6.45, 7) is 8.54. The first-order chi connectivity index (χ1) is 21.9. The highest BCUT2D eigenvalue weighted by Crippen LogP contribution is 2.33. The first kappa shape index (κ1) is 32.6. The summed E-state index contributed by atoms with van der Waals surface area (Å²) in [5.74, 6) is 0.748. The third-order valence-electron chi connectivity index (χ3n) is 9.71. The molecule has 0 aliphatic carbocycles. The van der Waals surface area contributed by atoms with Crippen molar-refractivity contribution in [2.24, 2.45) is 5.92 Å². The Morgan fingerprint density at radius 3 is 2.40 bits per heavy atom. The third kappa shape index (κ3) is 7.91. The first-order valence-corrected chi connectivity index (χ1v) is 16.6. The number of rotatable bonds is 13. The zero-order valence-electron chi connectivity index (χ0n) is 26.7. The van der Waals surface area contributed by atoms with Crippen molar-refractivity contribution in [1.29, 1.82) is 0 Å². The molecule has 2 aromatic carbocycles. The molecule has 45 heavy (non-hydrogen) atoms. The number of carbonyl (C=O) groups excluding carboxylic acids is 4. The zero-order chi connectivity index (χ0) is 31.8. The topological polar surface area (TPSA) is 114 Å². The molecule has 3 heterocycles. The van der Waals surface area contributed by atoms with Crippen LogP contribution in [0.15, 0.2) is 42.5 Å². The van der Waals surface area contributed by atoms with Crippen LogP contribution in [0.3, 0.4) is 0 Å². The number of nitrogens with zero attached hydrogens (tertiary/aromatic N) is 3. The molecule has 242 valence electrons. The third-order valence-corrected chi connectivity index (χ3v) is 9.71. The number of amides is 3. The van der Waals surface area contributed by atoms with Crippen LogP contribution >= 0.6 is 0 Å². The minimum absolute atomic E-state index is 0.0906. The van der Waals surface area contributed by atoms with Crippen LogP contribution < -0.4 is 21.1 Å². The van der Waals surface area contributed by atoms with Gasteiger partial charge in [0.25, 0.3) is 11.8 Å². The molecule has 0 spiro atoms. The van der Waals surface area contributed by atoms with E-state index in [0.29, 0.717) is 35.9 Å². The normalized spacial score (nSPS) is 18.5. The minimum Gasteiger partial charge on any atom is -0.372 e. The van der Waals surface area contributed by atoms with E-state index < -0.39 is 6.04 Å². The van der Waals surface area contributed by atoms with E-state index in [1.54, 1.807) is 11.9 Å². The minimum atomic E-state index is -0.643. The molecule has 0 bridgehead atoms. The lowest BCUT2D eigenvalue weighted by atomic mass is 9.88. The molecule has 10 heteroatoms. The molecule has 5 rings (SSSR count). The molecule has 0 saturated carbocycles. The van der Waals surface area contributed by atoms with Crippen LogP contribution in [0.4, 0.5) is 5.69 Å². The van der Waals surface area contributed by atoms with Crippen molar-refractivity contribution in [1.82, 2.24) is 26.0 Å². The average molecular weight is 617 g/mol. The van der Waals surface area contributed by atoms with Gasteiger partial charge in [0.2, 0.25) is 5.91 Å². The van der Waals surface area contributed by atoms with Crippen LogP contribution in [0.25, 0.3) is 0 Å². The maximum atomic E-state index is 13.1. The van der Waals surface area contributed by atoms with Gasteiger partial charge in [-0.25, -0.2) is 5.43 Å². The van der Waals surface area contributed by atoms with Gasteiger partial charge >= 0.3 is 0 Å². The van der Waals surface area contributed by atoms with Crippen LogP contribution in [-0.4, -0.2) is 86.2 Å². The molecule has 3 amide bonds. The maximum absolute atomic E-state index is 13.1. The fourth-order valence-electron chi connectivity index (χ4n) is 7.03. The number of hydrazine groups is 1. The van der Waals surface area contributed by atoms with Crippen molar-refractivity contribution in [2.45, 2.75) is 70.4 Å². The number of fused-ring (bicyclic) bond motifs is 1. The summed E-state index contributed by atoms with van der Waals surface area (Å²) in [4.78, 5) is 55.5. The van der Waals surface area contributed by atoms with E-state index in [2.05, 4.69) is 51.1 Å². The fraction of sp³-hybridized carbons (Fsp3) is 0.543. The Bertz CT molecular complexity index is 1330. The molecule has 0 aromatic heterocycles. The van der Waals surface area contributed by atoms with E-state index in [1.165, 1.54) is 5.56 Å². The summed E-state index contributed by atoms with van der Waals surface area (Å²) >= 11 is 0. The molecule has 2 fully saturated rings. The maximum Gasteiger partial charge on any atom is 0.265 e. The standard InChI is InChI=1S/C35H48N6O4/c1-3-16-37-38-33(43)28-8-6-26(7-9-28)27-14-17-39(18-15-27)23-25-12-19-40(20-13-25)30-10-11-31-29(22-30)24-41(35(31)45)32(5-4-21-42)34(44)36-2/h6-11,21-22,25,27,32,37H,3-5,12-20,23-24H2,1-2H3,(H,36,44)(H,38,43). The number of carbonyl (C=O) groups is 4. The monoisotopic (exact) mass is 616 g/mol. The number of piperidine rings is 2. The van der Waals surface area contributed by atoms with Crippen molar-refractivity contribution in [3.8, 4) is 0 Å². The molecular weight excluding hydrogens is 568 g/mol. The highest BCUT2D eigenvalue weighted by molar-refractivity contribution is 6.01. The molecular formula is C35H48N6O4. The molecule has 1 unspecified atom stereocenters. The zero-order valence-corrected chi connectivity index (χ0v) is 26.7. The number of anilines is 1. The predicted molar refractivity (Wildman–Crippen MR) is 175 cm³/mol. The van der Waals surface area contributed by atoms with Crippen LogP contribution in [0.1, 0.15) is 89.6 Å². The Morgan fingerprint density at radius 2 is 1.73 bits per heavy atom. The number of hydrogen-bond donors (Lipinski definition) is 3. The number of likely N-dealkylation sites (tertiary alicyclic amines) is 1. The van der Waals surface area contributed by atoms with E-state index in [1.807, 2.05) is 24.3 Å². The Labute approximate surface area is 266 Å². The summed E-state index contributed by atoms with van der Waals surface area (Å²) in [6.07, 6.45) is 6.89. The molecule has 2 aromatic rings. The molecule has 2 saturated heterocycles. The number of benzene rings is 2. The fourth-order valence-corrected chi connectivity index (χ4v) is 7.03. The largest absolute Gasteiger partial charge is 0.372 e. The Balaban J connectivity index is 1.07. The molecule has 0 radical (unpaired) electrons. The van der Waals surface area contributed by atoms with Gasteiger partial charge in [0.1, 0.15) is 12.3 Å². The second kappa shape index (κ2) is 15.5. The van der Waals surface area contributed by atoms with Crippen molar-refractivity contribution in [3.05, 3.63) is 64.7 Å². The second-order valence-electron chi connectivity index (χ2n) is 12.7. The lowest BCUT2D eigenvalue weighted by molar-refractivity contribution is -0.125. The average Bonchev–Trinajstić information content (AvgIpc) is 3.40. The first-order valence-electron chi connectivity index (χ1n) is 16.6. The van der Waals surface area contributed by atoms with Crippen molar-refractivity contribution < 1.29 is 19.2 Å². The van der Waals surface area contributed by atoms with Gasteiger partial charge in [-0.15, -0.1) is 0 Å². The highest BCUT2D eigenvalue weighted by Gasteiger charge is 2.36. The quantitative estimate of drug-likeness (QED) is 0.179. The van der Waals surface area contributed by atoms with Gasteiger partial charge in [0, 0.05) is 63.0 Å². The van der Waals surface area contributed by atoms with Crippen LogP contribution in [0, 0.1) is 5.92 Å². The van der Waals surface area contributed by atoms with Gasteiger partial charge in [-0.2, -0.15) is 0 Å². The van der Waals surface area contributed by atoms with Gasteiger partial charge in [-0.05, 0) is 105 Å². The van der Waals surface area contributed by atoms with Gasteiger partial charge in [0.15, 0.2) is 0 Å². The SMILES string of the molecule is CCCNNC(=O)c1ccc(C2CCN(CC3CCN(c4ccc5c(c4)CN(C(CCC=O)C(=O)NC)C5=O)CC3)CC2)cc1. The Morgan fingerprint density at radius 1 is 1.00 bits per heavy atom. The summed E-state index contributed by atoms with van der Waals surface area (Å²) < 4.78 is 0. The summed E-state index contributed by atoms with van der Waals surface area (Å²) in [6, 6.07) is 13.5. The summed E-state index contributed by atoms with van der Waals surface area (Å²) in [5, 5.41) is 2.64. The van der Waals surface area contributed by atoms with Gasteiger partial charge in [-0.3, -0.25) is 19.8 Å². The summed E-state index contributed by atoms with van der Waals surface area (Å²) in [7, 11) is 1.56. The smallest absolute Gasteiger partial charge is 0.265 e. The number of likely N-dealkylation sites (N-methyl/N-ethyl adjacent to an activating group) is 1. The Kier molecular flexibility index (Phi) is 11.2. The van der Waals surface area contributed by atoms with Crippen LogP contribution in [-0.2, 0) is 16.1 Å². The second-order valence-corrected chi connectivity index (χ2v) is 12.7. The van der Waals surface area contributed by atoms with E-state index in [9.17, 15) is 19.2 Å². The van der Waals surface area contributed by atoms with E-state index in [-0.39, 0.29) is 24.1 Å². The van der Waals surface area contributed by atoms with Crippen LogP contribution in [0.5, 0.6) is 0 Å². The molecule has 1 atom stereocenters. The van der Waals surface area contributed by atoms with Crippen LogP contribution in [0.2, 0.25) is 0 Å². The van der Waals surface area contributed by atoms with Gasteiger partial charge < -0.3 is 24.8 Å². The van der Waals surface area contributed by atoms with Crippen molar-refractivity contribution in [3.63, 3.8) is 0 Å². The Hall–Kier alpha value is -3.76. The lowest BCUT2D eigenvalue weighted by Crippen LogP contribution is -2.46. The molecule has 3 aliphatic rings. The van der Waals surface area contributed by atoms with Gasteiger partial charge in [-0.1, -0.05) is 19.1 Å². The lowest BCUT2D eigenvalue weighted by Gasteiger charge is -2.38. The molecule has 3 N–H and O–H groups in total. The van der Waals surface area contributed by atoms with Crippen molar-refractivity contribution in [2.75, 3.05) is 51.2 Å². The van der Waals surface area contributed by atoms with E-state index in [0.717, 1.165) is 88.9 Å². The predicted octanol–water partition coefficient (Wildman–Crippen LogP) is 3.48. The number of aldehydes is 1. The summed E-state index contributed by atoms with van der Waals surface area (Å²) in [5.41, 5.74) is 10.4. The molecule has 3 aliphatic heterocycles. The number of nitrogens with one attached hydrogen (secondary N) is 3. The van der Waals surface area contributed by atoms with E-state index >= 15 is 0 Å². The van der Waals surface area contributed by atoms with E-state index in [4.69, 9.17) is 0 Å². The highest BCUT2D eigenvalue weighted by atomic mass is 16.2. The van der Waals surface area contributed by atoms with Gasteiger partial charge in [0.05, 0.1) is 0 Å².